The molecule has 8 heteroatoms. The average Bonchev–Trinajstić information content (AvgIpc) is 2.95. The number of rotatable bonds is 7. The Labute approximate surface area is 139 Å². The molecule has 0 aliphatic carbocycles. The van der Waals surface area contributed by atoms with Crippen LogP contribution in [0, 0.1) is 0 Å². The van der Waals surface area contributed by atoms with Crippen LogP contribution in [0.15, 0.2) is 29.3 Å². The summed E-state index contributed by atoms with van der Waals surface area (Å²) in [6.07, 6.45) is -2.94. The second kappa shape index (κ2) is 8.77. The monoisotopic (exact) mass is 345 g/mol. The van der Waals surface area contributed by atoms with E-state index >= 15 is 0 Å². The number of alkyl halides is 3. The first-order chi connectivity index (χ1) is 11.5. The van der Waals surface area contributed by atoms with Crippen molar-refractivity contribution in [2.24, 2.45) is 4.99 Å². The van der Waals surface area contributed by atoms with Gasteiger partial charge in [-0.1, -0.05) is 18.2 Å². The average molecular weight is 345 g/mol. The van der Waals surface area contributed by atoms with E-state index in [0.717, 1.165) is 12.2 Å². The van der Waals surface area contributed by atoms with Crippen molar-refractivity contribution in [2.45, 2.75) is 25.1 Å². The second-order valence-electron chi connectivity index (χ2n) is 5.45. The number of benzene rings is 1. The molecule has 1 aromatic carbocycles. The molecule has 0 aromatic heterocycles. The number of para-hydroxylation sites is 1. The number of hydrogen-bond acceptors (Lipinski definition) is 3. The molecule has 0 radical (unpaired) electrons. The smallest absolute Gasteiger partial charge is 0.411 e. The highest BCUT2D eigenvalue weighted by Gasteiger charge is 2.27. The second-order valence-corrected chi connectivity index (χ2v) is 5.45. The van der Waals surface area contributed by atoms with Crippen LogP contribution in [-0.2, 0) is 11.2 Å². The van der Waals surface area contributed by atoms with Gasteiger partial charge in [-0.05, 0) is 18.1 Å². The number of halogens is 3. The first-order valence-corrected chi connectivity index (χ1v) is 7.81. The molecule has 1 unspecified atom stereocenters. The van der Waals surface area contributed by atoms with Gasteiger partial charge in [0.05, 0.1) is 6.54 Å². The van der Waals surface area contributed by atoms with Gasteiger partial charge in [0.2, 0.25) is 0 Å². The van der Waals surface area contributed by atoms with Crippen LogP contribution in [0.25, 0.3) is 0 Å². The summed E-state index contributed by atoms with van der Waals surface area (Å²) in [7, 11) is 1.64. The summed E-state index contributed by atoms with van der Waals surface area (Å²) in [5.74, 6) is 1.50. The Hall–Kier alpha value is -1.96. The van der Waals surface area contributed by atoms with E-state index in [2.05, 4.69) is 20.4 Å². The molecule has 0 amide bonds. The maximum atomic E-state index is 11.9. The lowest BCUT2D eigenvalue weighted by atomic mass is 10.1. The Kier molecular flexibility index (Phi) is 6.72. The van der Waals surface area contributed by atoms with Gasteiger partial charge in [0, 0.05) is 26.6 Å². The molecule has 1 aliphatic heterocycles. The zero-order valence-electron chi connectivity index (χ0n) is 13.5. The maximum absolute atomic E-state index is 11.9. The molecule has 2 N–H and O–H groups in total. The van der Waals surface area contributed by atoms with Gasteiger partial charge in [0.1, 0.15) is 18.5 Å². The number of nitrogens with zero attached hydrogens (tertiary/aromatic N) is 1. The fourth-order valence-corrected chi connectivity index (χ4v) is 2.37. The van der Waals surface area contributed by atoms with Crippen molar-refractivity contribution < 1.29 is 22.6 Å². The molecule has 0 fully saturated rings. The highest BCUT2D eigenvalue weighted by molar-refractivity contribution is 5.79. The van der Waals surface area contributed by atoms with Gasteiger partial charge in [0.15, 0.2) is 5.96 Å². The van der Waals surface area contributed by atoms with Gasteiger partial charge in [0.25, 0.3) is 0 Å². The minimum atomic E-state index is -4.27. The zero-order chi connectivity index (χ0) is 17.4. The maximum Gasteiger partial charge on any atom is 0.411 e. The molecule has 134 valence electrons. The van der Waals surface area contributed by atoms with Crippen LogP contribution < -0.4 is 15.4 Å². The molecular weight excluding hydrogens is 323 g/mol. The van der Waals surface area contributed by atoms with Gasteiger partial charge < -0.3 is 20.1 Å². The van der Waals surface area contributed by atoms with E-state index in [1.165, 1.54) is 5.56 Å². The molecule has 0 saturated heterocycles. The predicted octanol–water partition coefficient (Wildman–Crippen LogP) is 2.12. The number of aliphatic imine (C=N–C) groups is 1. The molecule has 24 heavy (non-hydrogen) atoms. The Bertz CT molecular complexity index is 525. The van der Waals surface area contributed by atoms with Gasteiger partial charge in [-0.15, -0.1) is 0 Å². The summed E-state index contributed by atoms with van der Waals surface area (Å²) in [5, 5.41) is 6.19. The topological polar surface area (TPSA) is 54.9 Å². The first kappa shape index (κ1) is 18.4. The Balaban J connectivity index is 1.58. The Morgan fingerprint density at radius 2 is 2.12 bits per heavy atom. The number of guanidine groups is 1. The van der Waals surface area contributed by atoms with Crippen LogP contribution in [0.2, 0.25) is 0 Å². The molecule has 1 heterocycles. The van der Waals surface area contributed by atoms with Crippen molar-refractivity contribution in [3.63, 3.8) is 0 Å². The third kappa shape index (κ3) is 6.27. The van der Waals surface area contributed by atoms with Crippen molar-refractivity contribution in [2.75, 3.05) is 33.4 Å². The number of hydrogen-bond donors (Lipinski definition) is 2. The third-order valence-corrected chi connectivity index (χ3v) is 3.46. The SMILES string of the molecule is CN=C(NCCCOCC(F)(F)F)NCC1Cc2ccccc2O1. The van der Waals surface area contributed by atoms with Gasteiger partial charge in [-0.25, -0.2) is 0 Å². The van der Waals surface area contributed by atoms with Crippen molar-refractivity contribution in [1.82, 2.24) is 10.6 Å². The van der Waals surface area contributed by atoms with Crippen molar-refractivity contribution in [3.05, 3.63) is 29.8 Å². The molecule has 0 spiro atoms. The molecule has 0 saturated carbocycles. The molecule has 5 nitrogen and oxygen atoms in total. The van der Waals surface area contributed by atoms with Crippen molar-refractivity contribution in [3.8, 4) is 5.75 Å². The van der Waals surface area contributed by atoms with E-state index in [1.54, 1.807) is 7.05 Å². The molecular formula is C16H22F3N3O2. The molecule has 1 aromatic rings. The van der Waals surface area contributed by atoms with E-state index in [1.807, 2.05) is 24.3 Å². The molecule has 1 aliphatic rings. The fraction of sp³-hybridized carbons (Fsp3) is 0.562. The number of ether oxygens (including phenoxy) is 2. The molecule has 0 bridgehead atoms. The van der Waals surface area contributed by atoms with E-state index in [-0.39, 0.29) is 12.7 Å². The molecule has 2 rings (SSSR count). The first-order valence-electron chi connectivity index (χ1n) is 7.81. The predicted molar refractivity (Wildman–Crippen MR) is 85.4 cm³/mol. The van der Waals surface area contributed by atoms with Crippen LogP contribution in [0.1, 0.15) is 12.0 Å². The quantitative estimate of drug-likeness (QED) is 0.452. The summed E-state index contributed by atoms with van der Waals surface area (Å²) in [5.41, 5.74) is 1.19. The Morgan fingerprint density at radius 3 is 2.83 bits per heavy atom. The summed E-state index contributed by atoms with van der Waals surface area (Å²) in [6, 6.07) is 7.92. The van der Waals surface area contributed by atoms with Crippen LogP contribution in [0.3, 0.4) is 0 Å². The standard InChI is InChI=1S/C16H22F3N3O2/c1-20-15(21-7-4-8-23-11-16(17,18)19)22-10-13-9-12-5-2-3-6-14(12)24-13/h2-3,5-6,13H,4,7-11H2,1H3,(H2,20,21,22). The zero-order valence-corrected chi connectivity index (χ0v) is 13.5. The highest BCUT2D eigenvalue weighted by Crippen LogP contribution is 2.27. The summed E-state index contributed by atoms with van der Waals surface area (Å²) in [4.78, 5) is 4.07. The summed E-state index contributed by atoms with van der Waals surface area (Å²) < 4.78 is 46.1. The lowest BCUT2D eigenvalue weighted by molar-refractivity contribution is -0.173. The largest absolute Gasteiger partial charge is 0.488 e. The van der Waals surface area contributed by atoms with E-state index in [9.17, 15) is 13.2 Å². The summed E-state index contributed by atoms with van der Waals surface area (Å²) >= 11 is 0. The van der Waals surface area contributed by atoms with Gasteiger partial charge in [-0.2, -0.15) is 13.2 Å². The van der Waals surface area contributed by atoms with E-state index < -0.39 is 12.8 Å². The van der Waals surface area contributed by atoms with Crippen molar-refractivity contribution >= 4 is 5.96 Å². The lowest BCUT2D eigenvalue weighted by Crippen LogP contribution is -2.42. The van der Waals surface area contributed by atoms with Crippen molar-refractivity contribution in [1.29, 1.82) is 0 Å². The van der Waals surface area contributed by atoms with Crippen LogP contribution in [-0.4, -0.2) is 51.6 Å². The molecule has 1 atom stereocenters. The van der Waals surface area contributed by atoms with Gasteiger partial charge in [-0.3, -0.25) is 4.99 Å². The summed E-state index contributed by atoms with van der Waals surface area (Å²) in [6.45, 7) is -0.0910. The minimum absolute atomic E-state index is 0.0380. The van der Waals surface area contributed by atoms with Crippen LogP contribution >= 0.6 is 0 Å². The highest BCUT2D eigenvalue weighted by atomic mass is 19.4. The lowest BCUT2D eigenvalue weighted by Gasteiger charge is -2.15. The number of fused-ring (bicyclic) bond motifs is 1. The van der Waals surface area contributed by atoms with Gasteiger partial charge >= 0.3 is 6.18 Å². The number of nitrogens with one attached hydrogen (secondary N) is 2. The normalized spacial score (nSPS) is 17.3. The van der Waals surface area contributed by atoms with Crippen LogP contribution in [0.5, 0.6) is 5.75 Å². The van der Waals surface area contributed by atoms with E-state index in [0.29, 0.717) is 25.5 Å². The fourth-order valence-electron chi connectivity index (χ4n) is 2.37. The minimum Gasteiger partial charge on any atom is -0.488 e. The van der Waals surface area contributed by atoms with E-state index in [4.69, 9.17) is 4.74 Å². The van der Waals surface area contributed by atoms with Crippen LogP contribution in [0.4, 0.5) is 13.2 Å². The Morgan fingerprint density at radius 1 is 1.33 bits per heavy atom. The third-order valence-electron chi connectivity index (χ3n) is 3.46.